The fourth-order valence-corrected chi connectivity index (χ4v) is 3.40. The Hall–Kier alpha value is -4.46. The average Bonchev–Trinajstić information content (AvgIpc) is 2.80. The molecule has 0 radical (unpaired) electrons. The first-order valence-electron chi connectivity index (χ1n) is 9.37. The van der Waals surface area contributed by atoms with Crippen LogP contribution in [0.25, 0.3) is 21.5 Å². The smallest absolute Gasteiger partial charge is 0.341 e. The molecule has 0 saturated carbocycles. The first-order valence-corrected chi connectivity index (χ1v) is 9.37. The summed E-state index contributed by atoms with van der Waals surface area (Å²) in [5, 5.41) is 49.9. The molecule has 0 aliphatic rings. The third-order valence-corrected chi connectivity index (χ3v) is 5.02. The number of phenols is 4. The molecule has 164 valence electrons. The Kier molecular flexibility index (Phi) is 6.06. The number of carbonyl (C=O) groups excluding carboxylic acids is 1. The van der Waals surface area contributed by atoms with E-state index in [0.717, 1.165) is 0 Å². The summed E-state index contributed by atoms with van der Waals surface area (Å²) in [5.74, 6) is -2.59. The molecule has 0 aliphatic carbocycles. The Morgan fingerprint density at radius 3 is 1.72 bits per heavy atom. The van der Waals surface area contributed by atoms with Gasteiger partial charge in [0.25, 0.3) is 0 Å². The van der Waals surface area contributed by atoms with Crippen LogP contribution in [0.4, 0.5) is 0 Å². The number of aromatic hydroxyl groups is 4. The third kappa shape index (κ3) is 3.81. The second kappa shape index (κ2) is 8.73. The zero-order valence-electron chi connectivity index (χ0n) is 17.2. The number of carbonyl (C=O) groups is 2. The van der Waals surface area contributed by atoms with Crippen LogP contribution in [-0.4, -0.2) is 44.6 Å². The van der Waals surface area contributed by atoms with E-state index in [0.29, 0.717) is 21.5 Å². The van der Waals surface area contributed by atoms with E-state index in [1.807, 2.05) is 0 Å². The molecule has 4 aromatic rings. The maximum atomic E-state index is 11.3. The van der Waals surface area contributed by atoms with Crippen LogP contribution in [0.3, 0.4) is 0 Å². The first-order chi connectivity index (χ1) is 15.2. The summed E-state index contributed by atoms with van der Waals surface area (Å²) in [6.45, 7) is 1.46. The minimum Gasteiger partial charge on any atom is -0.507 e. The van der Waals surface area contributed by atoms with Crippen LogP contribution in [-0.2, 0) is 4.74 Å². The summed E-state index contributed by atoms with van der Waals surface area (Å²) in [5.41, 5.74) is -0.126. The number of ether oxygens (including phenoxy) is 1. The Labute approximate surface area is 182 Å². The van der Waals surface area contributed by atoms with E-state index in [9.17, 15) is 30.0 Å². The van der Waals surface area contributed by atoms with Gasteiger partial charge in [0.1, 0.15) is 34.1 Å². The molecule has 4 aromatic carbocycles. The summed E-state index contributed by atoms with van der Waals surface area (Å²) in [7, 11) is 1.22. The first kappa shape index (κ1) is 22.2. The number of methoxy groups -OCH3 is 1. The third-order valence-electron chi connectivity index (χ3n) is 5.02. The van der Waals surface area contributed by atoms with Crippen molar-refractivity contribution in [2.75, 3.05) is 7.11 Å². The van der Waals surface area contributed by atoms with Crippen molar-refractivity contribution in [1.29, 1.82) is 0 Å². The maximum absolute atomic E-state index is 11.3. The highest BCUT2D eigenvalue weighted by Gasteiger charge is 2.20. The quantitative estimate of drug-likeness (QED) is 0.231. The number of fused-ring (bicyclic) bond motifs is 2. The molecule has 8 nitrogen and oxygen atoms in total. The number of esters is 1. The number of carboxylic acid groups (broad SMARTS) is 1. The lowest BCUT2D eigenvalue weighted by molar-refractivity contribution is 0.0596. The fraction of sp³-hybridized carbons (Fsp3) is 0.0833. The van der Waals surface area contributed by atoms with Crippen LogP contribution in [0.5, 0.6) is 23.0 Å². The van der Waals surface area contributed by atoms with Gasteiger partial charge in [-0.05, 0) is 13.0 Å². The number of carboxylic acids is 1. The van der Waals surface area contributed by atoms with E-state index in [4.69, 9.17) is 5.11 Å². The molecule has 0 aromatic heterocycles. The molecule has 0 fully saturated rings. The highest BCUT2D eigenvalue weighted by molar-refractivity contribution is 6.05. The Morgan fingerprint density at radius 1 is 0.750 bits per heavy atom. The van der Waals surface area contributed by atoms with E-state index in [-0.39, 0.29) is 39.7 Å². The largest absolute Gasteiger partial charge is 0.507 e. The molecule has 0 saturated heterocycles. The van der Waals surface area contributed by atoms with Crippen LogP contribution in [0.15, 0.2) is 54.6 Å². The average molecular weight is 436 g/mol. The van der Waals surface area contributed by atoms with Gasteiger partial charge in [-0.3, -0.25) is 0 Å². The van der Waals surface area contributed by atoms with E-state index < -0.39 is 11.9 Å². The lowest BCUT2D eigenvalue weighted by Crippen LogP contribution is -2.01. The molecule has 0 atom stereocenters. The highest BCUT2D eigenvalue weighted by Crippen LogP contribution is 2.39. The SMILES string of the molecule is COC(=O)c1cc(O)c2ccccc2c1O.Cc1c(C(=O)O)c(O)c2ccccc2c1O. The molecule has 0 bridgehead atoms. The van der Waals surface area contributed by atoms with Gasteiger partial charge in [0.05, 0.1) is 7.11 Å². The zero-order chi connectivity index (χ0) is 23.6. The number of rotatable bonds is 2. The molecule has 0 spiro atoms. The van der Waals surface area contributed by atoms with E-state index in [2.05, 4.69) is 4.74 Å². The lowest BCUT2D eigenvalue weighted by atomic mass is 9.99. The number of aromatic carboxylic acids is 1. The molecule has 0 unspecified atom stereocenters. The maximum Gasteiger partial charge on any atom is 0.341 e. The van der Waals surface area contributed by atoms with Crippen LogP contribution >= 0.6 is 0 Å². The zero-order valence-corrected chi connectivity index (χ0v) is 17.2. The number of hydrogen-bond donors (Lipinski definition) is 5. The predicted molar refractivity (Wildman–Crippen MR) is 118 cm³/mol. The van der Waals surface area contributed by atoms with Crippen molar-refractivity contribution in [3.8, 4) is 23.0 Å². The van der Waals surface area contributed by atoms with Crippen molar-refractivity contribution in [3.05, 3.63) is 71.3 Å². The van der Waals surface area contributed by atoms with Gasteiger partial charge in [-0.2, -0.15) is 0 Å². The van der Waals surface area contributed by atoms with E-state index in [1.54, 1.807) is 48.5 Å². The fourth-order valence-electron chi connectivity index (χ4n) is 3.40. The van der Waals surface area contributed by atoms with Crippen LogP contribution in [0.1, 0.15) is 26.3 Å². The van der Waals surface area contributed by atoms with Gasteiger partial charge in [0.15, 0.2) is 0 Å². The van der Waals surface area contributed by atoms with Gasteiger partial charge in [0, 0.05) is 27.1 Å². The van der Waals surface area contributed by atoms with Crippen LogP contribution in [0.2, 0.25) is 0 Å². The number of hydrogen-bond acceptors (Lipinski definition) is 7. The standard InChI is InChI=1S/2C12H10O4/c1-16-12(15)9-6-10(13)7-4-2-3-5-8(7)11(9)14;1-6-9(12(15)16)11(14)8-5-3-2-4-7(8)10(6)13/h2-6,13-14H,1H3;2-5,13-14H,1H3,(H,15,16). The molecule has 5 N–H and O–H groups in total. The second-order valence-electron chi connectivity index (χ2n) is 6.88. The predicted octanol–water partition coefficient (Wildman–Crippen LogP) is 4.30. The van der Waals surface area contributed by atoms with Crippen molar-refractivity contribution in [2.24, 2.45) is 0 Å². The molecule has 32 heavy (non-hydrogen) atoms. The van der Waals surface area contributed by atoms with Crippen molar-refractivity contribution in [1.82, 2.24) is 0 Å². The van der Waals surface area contributed by atoms with Gasteiger partial charge in [-0.15, -0.1) is 0 Å². The van der Waals surface area contributed by atoms with Gasteiger partial charge in [-0.25, -0.2) is 9.59 Å². The summed E-state index contributed by atoms with van der Waals surface area (Å²) in [6.07, 6.45) is 0. The van der Waals surface area contributed by atoms with Gasteiger partial charge in [-0.1, -0.05) is 48.5 Å². The molecular formula is C24H20O8. The van der Waals surface area contributed by atoms with Crippen molar-refractivity contribution >= 4 is 33.5 Å². The summed E-state index contributed by atoms with van der Waals surface area (Å²) in [4.78, 5) is 22.3. The van der Waals surface area contributed by atoms with Gasteiger partial charge in [0.2, 0.25) is 0 Å². The van der Waals surface area contributed by atoms with Crippen LogP contribution in [0, 0.1) is 6.92 Å². The van der Waals surface area contributed by atoms with Crippen molar-refractivity contribution in [2.45, 2.75) is 6.92 Å². The van der Waals surface area contributed by atoms with Gasteiger partial charge >= 0.3 is 11.9 Å². The summed E-state index contributed by atoms with van der Waals surface area (Å²) in [6, 6.07) is 14.5. The lowest BCUT2D eigenvalue weighted by Gasteiger charge is -2.10. The summed E-state index contributed by atoms with van der Waals surface area (Å²) < 4.78 is 4.51. The van der Waals surface area contributed by atoms with Crippen molar-refractivity contribution < 1.29 is 39.9 Å². The topological polar surface area (TPSA) is 145 Å². The number of phenolic OH excluding ortho intramolecular Hbond substituents is 3. The Bertz CT molecular complexity index is 1360. The molecule has 0 heterocycles. The highest BCUT2D eigenvalue weighted by atomic mass is 16.5. The monoisotopic (exact) mass is 436 g/mol. The minimum atomic E-state index is -1.25. The minimum absolute atomic E-state index is 0.0429. The molecule has 0 aliphatic heterocycles. The van der Waals surface area contributed by atoms with Crippen LogP contribution < -0.4 is 0 Å². The van der Waals surface area contributed by atoms with E-state index >= 15 is 0 Å². The Morgan fingerprint density at radius 2 is 1.22 bits per heavy atom. The second-order valence-corrected chi connectivity index (χ2v) is 6.88. The normalized spacial score (nSPS) is 10.4. The molecule has 0 amide bonds. The van der Waals surface area contributed by atoms with Crippen molar-refractivity contribution in [3.63, 3.8) is 0 Å². The molecule has 4 rings (SSSR count). The number of benzene rings is 4. The van der Waals surface area contributed by atoms with E-state index in [1.165, 1.54) is 20.1 Å². The molecule has 8 heteroatoms. The Balaban J connectivity index is 0.000000181. The molecular weight excluding hydrogens is 416 g/mol. The summed E-state index contributed by atoms with van der Waals surface area (Å²) >= 11 is 0. The van der Waals surface area contributed by atoms with Gasteiger partial charge < -0.3 is 30.3 Å².